The van der Waals surface area contributed by atoms with Crippen molar-refractivity contribution in [2.24, 2.45) is 0 Å². The largest absolute Gasteiger partial charge is 0.350 e. The monoisotopic (exact) mass is 496 g/mol. The fourth-order valence-electron chi connectivity index (χ4n) is 3.17. The third-order valence-corrected chi connectivity index (χ3v) is 5.25. The van der Waals surface area contributed by atoms with E-state index in [2.05, 4.69) is 20.7 Å². The first kappa shape index (κ1) is 23.2. The van der Waals surface area contributed by atoms with Crippen molar-refractivity contribution in [1.29, 1.82) is 0 Å². The fraction of sp³-hybridized carbons (Fsp3) is 0.0870. The summed E-state index contributed by atoms with van der Waals surface area (Å²) in [5, 5.41) is 22.7. The Hall–Kier alpha value is -3.95. The second-order valence-electron chi connectivity index (χ2n) is 7.25. The molecular formula is C23H18Cl2N6O3. The first-order valence-electron chi connectivity index (χ1n) is 10.1. The number of nitrogens with zero attached hydrogens (tertiary/aromatic N) is 4. The lowest BCUT2D eigenvalue weighted by atomic mass is 10.2. The fourth-order valence-corrected chi connectivity index (χ4v) is 3.60. The molecule has 1 aromatic heterocycles. The van der Waals surface area contributed by atoms with Crippen LogP contribution in [0.1, 0.15) is 21.5 Å². The van der Waals surface area contributed by atoms with Crippen LogP contribution in [0.4, 0.5) is 17.6 Å². The van der Waals surface area contributed by atoms with Gasteiger partial charge in [0, 0.05) is 40.8 Å². The lowest BCUT2D eigenvalue weighted by molar-refractivity contribution is -0.384. The molecule has 0 unspecified atom stereocenters. The molecule has 0 fully saturated rings. The second kappa shape index (κ2) is 10.3. The number of aromatic nitrogens is 3. The van der Waals surface area contributed by atoms with Gasteiger partial charge in [-0.1, -0.05) is 53.5 Å². The minimum Gasteiger partial charge on any atom is -0.350 e. The van der Waals surface area contributed by atoms with Crippen molar-refractivity contribution in [3.63, 3.8) is 0 Å². The zero-order valence-electron chi connectivity index (χ0n) is 17.6. The summed E-state index contributed by atoms with van der Waals surface area (Å²) >= 11 is 12.1. The Morgan fingerprint density at radius 3 is 2.15 bits per heavy atom. The van der Waals surface area contributed by atoms with E-state index >= 15 is 0 Å². The van der Waals surface area contributed by atoms with Crippen molar-refractivity contribution >= 4 is 46.7 Å². The van der Waals surface area contributed by atoms with Crippen LogP contribution in [0.3, 0.4) is 0 Å². The molecule has 0 saturated heterocycles. The zero-order valence-corrected chi connectivity index (χ0v) is 19.1. The van der Waals surface area contributed by atoms with Gasteiger partial charge in [0.05, 0.1) is 4.92 Å². The summed E-state index contributed by atoms with van der Waals surface area (Å²) in [4.78, 5) is 28.1. The van der Waals surface area contributed by atoms with Crippen LogP contribution >= 0.6 is 23.2 Å². The van der Waals surface area contributed by atoms with Gasteiger partial charge < -0.3 is 10.6 Å². The van der Waals surface area contributed by atoms with Crippen molar-refractivity contribution in [1.82, 2.24) is 14.8 Å². The molecule has 1 heterocycles. The van der Waals surface area contributed by atoms with Crippen LogP contribution in [0.5, 0.6) is 0 Å². The highest BCUT2D eigenvalue weighted by Crippen LogP contribution is 2.19. The molecule has 4 aromatic rings. The first-order valence-corrected chi connectivity index (χ1v) is 10.9. The predicted molar refractivity (Wildman–Crippen MR) is 130 cm³/mol. The molecule has 0 bridgehead atoms. The van der Waals surface area contributed by atoms with E-state index in [0.29, 0.717) is 23.1 Å². The molecule has 3 aromatic carbocycles. The van der Waals surface area contributed by atoms with E-state index in [1.54, 1.807) is 24.3 Å². The van der Waals surface area contributed by atoms with Crippen LogP contribution in [0.15, 0.2) is 72.8 Å². The maximum Gasteiger partial charge on any atom is 0.281 e. The first-order chi connectivity index (χ1) is 16.4. The molecule has 4 rings (SSSR count). The van der Waals surface area contributed by atoms with Crippen molar-refractivity contribution in [2.75, 3.05) is 10.6 Å². The molecule has 172 valence electrons. The second-order valence-corrected chi connectivity index (χ2v) is 8.12. The number of anilines is 2. The number of nitro benzene ring substituents is 1. The van der Waals surface area contributed by atoms with Gasteiger partial charge >= 0.3 is 0 Å². The molecule has 0 aliphatic rings. The van der Waals surface area contributed by atoms with E-state index in [-0.39, 0.29) is 23.1 Å². The topological polar surface area (TPSA) is 115 Å². The summed E-state index contributed by atoms with van der Waals surface area (Å²) in [5.41, 5.74) is 1.69. The van der Waals surface area contributed by atoms with Crippen LogP contribution < -0.4 is 10.6 Å². The Morgan fingerprint density at radius 2 is 1.53 bits per heavy atom. The maximum absolute atomic E-state index is 13.2. The van der Waals surface area contributed by atoms with Crippen LogP contribution in [-0.2, 0) is 13.1 Å². The predicted octanol–water partition coefficient (Wildman–Crippen LogP) is 5.41. The molecule has 0 spiro atoms. The molecule has 0 amide bonds. The average Bonchev–Trinajstić information content (AvgIpc) is 3.24. The highest BCUT2D eigenvalue weighted by atomic mass is 35.5. The van der Waals surface area contributed by atoms with Crippen molar-refractivity contribution in [2.45, 2.75) is 13.1 Å². The third-order valence-electron chi connectivity index (χ3n) is 4.78. The highest BCUT2D eigenvalue weighted by molar-refractivity contribution is 6.30. The standard InChI is InChI=1S/C23H18Cl2N6O3/c24-18-7-1-4-15(10-18)13-26-22-28-23(27-14-16-5-2-8-19(25)11-16)30(29-22)21(32)17-6-3-9-20(12-17)31(33)34/h1-12H,13-14H2,(H2,26,27,28,29). The number of hydrogen-bond acceptors (Lipinski definition) is 7. The molecule has 0 aliphatic heterocycles. The van der Waals surface area contributed by atoms with Gasteiger partial charge in [0.15, 0.2) is 0 Å². The summed E-state index contributed by atoms with van der Waals surface area (Å²) < 4.78 is 1.07. The number of nitro groups is 1. The van der Waals surface area contributed by atoms with Crippen LogP contribution in [0.2, 0.25) is 10.0 Å². The van der Waals surface area contributed by atoms with Gasteiger partial charge in [-0.05, 0) is 41.5 Å². The quantitative estimate of drug-likeness (QED) is 0.247. The number of rotatable bonds is 8. The molecule has 0 saturated carbocycles. The smallest absolute Gasteiger partial charge is 0.281 e. The number of benzene rings is 3. The molecule has 11 heteroatoms. The number of halogens is 2. The Bertz CT molecular complexity index is 1360. The van der Waals surface area contributed by atoms with Gasteiger partial charge in [-0.25, -0.2) is 0 Å². The van der Waals surface area contributed by atoms with E-state index in [0.717, 1.165) is 15.8 Å². The third kappa shape index (κ3) is 5.69. The highest BCUT2D eigenvalue weighted by Gasteiger charge is 2.20. The SMILES string of the molecule is O=C(c1cccc([N+](=O)[O-])c1)n1nc(NCc2cccc(Cl)c2)nc1NCc1cccc(Cl)c1. The van der Waals surface area contributed by atoms with Crippen molar-refractivity contribution in [3.8, 4) is 0 Å². The average molecular weight is 497 g/mol. The zero-order chi connectivity index (χ0) is 24.1. The van der Waals surface area contributed by atoms with Crippen LogP contribution in [-0.4, -0.2) is 25.6 Å². The Labute approximate surface area is 204 Å². The number of carbonyl (C=O) groups is 1. The summed E-state index contributed by atoms with van der Waals surface area (Å²) in [6.07, 6.45) is 0. The molecular weight excluding hydrogens is 479 g/mol. The van der Waals surface area contributed by atoms with Gasteiger partial charge in [0.25, 0.3) is 11.6 Å². The van der Waals surface area contributed by atoms with Gasteiger partial charge in [-0.3, -0.25) is 14.9 Å². The Morgan fingerprint density at radius 1 is 0.912 bits per heavy atom. The van der Waals surface area contributed by atoms with E-state index in [4.69, 9.17) is 23.2 Å². The van der Waals surface area contributed by atoms with E-state index in [1.807, 2.05) is 24.3 Å². The number of hydrogen-bond donors (Lipinski definition) is 2. The van der Waals surface area contributed by atoms with Gasteiger partial charge in [0.2, 0.25) is 11.9 Å². The number of nitrogens with one attached hydrogen (secondary N) is 2. The Balaban J connectivity index is 1.61. The summed E-state index contributed by atoms with van der Waals surface area (Å²) in [6, 6.07) is 20.0. The Kier molecular flexibility index (Phi) is 7.05. The van der Waals surface area contributed by atoms with Gasteiger partial charge in [-0.2, -0.15) is 9.67 Å². The molecule has 0 radical (unpaired) electrons. The van der Waals surface area contributed by atoms with E-state index < -0.39 is 10.8 Å². The normalized spacial score (nSPS) is 10.6. The van der Waals surface area contributed by atoms with Crippen molar-refractivity contribution < 1.29 is 9.72 Å². The van der Waals surface area contributed by atoms with Crippen molar-refractivity contribution in [3.05, 3.63) is 110 Å². The molecule has 9 nitrogen and oxygen atoms in total. The molecule has 34 heavy (non-hydrogen) atoms. The van der Waals surface area contributed by atoms with E-state index in [1.165, 1.54) is 24.3 Å². The summed E-state index contributed by atoms with van der Waals surface area (Å²) in [6.45, 7) is 0.707. The van der Waals surface area contributed by atoms with Gasteiger partial charge in [-0.15, -0.1) is 5.10 Å². The maximum atomic E-state index is 13.2. The minimum atomic E-state index is -0.569. The molecule has 0 atom stereocenters. The summed E-state index contributed by atoms with van der Waals surface area (Å²) in [7, 11) is 0. The minimum absolute atomic E-state index is 0.103. The molecule has 2 N–H and O–H groups in total. The lowest BCUT2D eigenvalue weighted by Crippen LogP contribution is -2.18. The van der Waals surface area contributed by atoms with Gasteiger partial charge in [0.1, 0.15) is 0 Å². The number of carbonyl (C=O) groups excluding carboxylic acids is 1. The van der Waals surface area contributed by atoms with Crippen LogP contribution in [0.25, 0.3) is 0 Å². The molecule has 0 aliphatic carbocycles. The van der Waals surface area contributed by atoms with Crippen LogP contribution in [0, 0.1) is 10.1 Å². The lowest BCUT2D eigenvalue weighted by Gasteiger charge is -2.07. The summed E-state index contributed by atoms with van der Waals surface area (Å²) in [5.74, 6) is -0.196. The van der Waals surface area contributed by atoms with E-state index in [9.17, 15) is 14.9 Å². The number of non-ortho nitro benzene ring substituents is 1.